The van der Waals surface area contributed by atoms with Gasteiger partial charge in [-0.25, -0.2) is 8.78 Å². The Bertz CT molecular complexity index is 567. The van der Waals surface area contributed by atoms with E-state index < -0.39 is 23.1 Å². The number of hydrogen-bond donors (Lipinski definition) is 2. The molecule has 4 nitrogen and oxygen atoms in total. The summed E-state index contributed by atoms with van der Waals surface area (Å²) in [4.78, 5) is 11.7. The molecule has 1 aromatic heterocycles. The monoisotopic (exact) mass is 251 g/mol. The molecule has 2 aromatic rings. The average Bonchev–Trinajstić information content (AvgIpc) is 2.85. The van der Waals surface area contributed by atoms with Crippen molar-refractivity contribution in [2.45, 2.75) is 13.5 Å². The topological polar surface area (TPSA) is 57.8 Å². The minimum absolute atomic E-state index is 0.131. The number of nitrogens with one attached hydrogen (secondary N) is 2. The lowest BCUT2D eigenvalue weighted by Gasteiger charge is -2.07. The third-order valence-electron chi connectivity index (χ3n) is 2.51. The van der Waals surface area contributed by atoms with E-state index in [-0.39, 0.29) is 12.1 Å². The summed E-state index contributed by atoms with van der Waals surface area (Å²) in [5, 5.41) is 8.75. The quantitative estimate of drug-likeness (QED) is 0.875. The molecule has 0 atom stereocenters. The molecule has 0 aliphatic carbocycles. The minimum Gasteiger partial charge on any atom is -0.346 e. The number of carbonyl (C=O) groups excluding carboxylic acids is 1. The molecule has 1 heterocycles. The maximum atomic E-state index is 13.7. The molecule has 0 aliphatic heterocycles. The van der Waals surface area contributed by atoms with Gasteiger partial charge in [0.1, 0.15) is 17.2 Å². The Balaban J connectivity index is 2.16. The zero-order valence-electron chi connectivity index (χ0n) is 9.63. The van der Waals surface area contributed by atoms with Gasteiger partial charge in [-0.2, -0.15) is 5.10 Å². The summed E-state index contributed by atoms with van der Waals surface area (Å²) >= 11 is 0. The van der Waals surface area contributed by atoms with E-state index in [0.29, 0.717) is 5.69 Å². The third kappa shape index (κ3) is 2.37. The molecule has 0 bridgehead atoms. The van der Waals surface area contributed by atoms with Crippen LogP contribution in [0.1, 0.15) is 21.6 Å². The SMILES string of the molecule is Cc1ccc(F)c(C(=O)NCc2ccn[nH]2)c1F. The maximum absolute atomic E-state index is 13.7. The van der Waals surface area contributed by atoms with Crippen molar-refractivity contribution in [3.8, 4) is 0 Å². The number of aromatic nitrogens is 2. The van der Waals surface area contributed by atoms with Crippen LogP contribution >= 0.6 is 0 Å². The van der Waals surface area contributed by atoms with E-state index in [0.717, 1.165) is 6.07 Å². The van der Waals surface area contributed by atoms with Gasteiger partial charge in [-0.3, -0.25) is 9.89 Å². The molecule has 94 valence electrons. The molecule has 0 saturated heterocycles. The fraction of sp³-hybridized carbons (Fsp3) is 0.167. The second kappa shape index (κ2) is 4.95. The second-order valence-corrected chi connectivity index (χ2v) is 3.82. The van der Waals surface area contributed by atoms with Gasteiger partial charge in [-0.05, 0) is 24.6 Å². The summed E-state index contributed by atoms with van der Waals surface area (Å²) in [6.45, 7) is 1.60. The fourth-order valence-corrected chi connectivity index (χ4v) is 1.51. The van der Waals surface area contributed by atoms with Gasteiger partial charge in [0, 0.05) is 6.20 Å². The first-order valence-corrected chi connectivity index (χ1v) is 5.30. The first-order valence-electron chi connectivity index (χ1n) is 5.30. The molecule has 6 heteroatoms. The molecule has 0 saturated carbocycles. The number of amides is 1. The normalized spacial score (nSPS) is 10.4. The number of benzene rings is 1. The molecule has 0 unspecified atom stereocenters. The summed E-state index contributed by atoms with van der Waals surface area (Å²) in [5.74, 6) is -2.50. The maximum Gasteiger partial charge on any atom is 0.257 e. The highest BCUT2D eigenvalue weighted by molar-refractivity contribution is 5.94. The lowest BCUT2D eigenvalue weighted by atomic mass is 10.1. The van der Waals surface area contributed by atoms with Crippen LogP contribution in [-0.4, -0.2) is 16.1 Å². The van der Waals surface area contributed by atoms with Crippen molar-refractivity contribution in [1.29, 1.82) is 0 Å². The Morgan fingerprint density at radius 2 is 2.17 bits per heavy atom. The molecular weight excluding hydrogens is 240 g/mol. The highest BCUT2D eigenvalue weighted by Gasteiger charge is 2.18. The predicted octanol–water partition coefficient (Wildman–Crippen LogP) is 1.93. The van der Waals surface area contributed by atoms with Crippen LogP contribution in [0.25, 0.3) is 0 Å². The largest absolute Gasteiger partial charge is 0.346 e. The van der Waals surface area contributed by atoms with Crippen molar-refractivity contribution in [2.75, 3.05) is 0 Å². The average molecular weight is 251 g/mol. The predicted molar refractivity (Wildman–Crippen MR) is 60.9 cm³/mol. The van der Waals surface area contributed by atoms with Crippen molar-refractivity contribution in [3.05, 3.63) is 52.9 Å². The second-order valence-electron chi connectivity index (χ2n) is 3.82. The highest BCUT2D eigenvalue weighted by atomic mass is 19.1. The van der Waals surface area contributed by atoms with E-state index in [9.17, 15) is 13.6 Å². The van der Waals surface area contributed by atoms with Crippen LogP contribution in [0, 0.1) is 18.6 Å². The Morgan fingerprint density at radius 1 is 1.39 bits per heavy atom. The Hall–Kier alpha value is -2.24. The number of aryl methyl sites for hydroxylation is 1. The van der Waals surface area contributed by atoms with Crippen LogP contribution in [-0.2, 0) is 6.54 Å². The van der Waals surface area contributed by atoms with Crippen molar-refractivity contribution >= 4 is 5.91 Å². The molecule has 18 heavy (non-hydrogen) atoms. The molecule has 2 N–H and O–H groups in total. The van der Waals surface area contributed by atoms with E-state index >= 15 is 0 Å². The number of H-pyrrole nitrogens is 1. The van der Waals surface area contributed by atoms with Crippen molar-refractivity contribution in [1.82, 2.24) is 15.5 Å². The summed E-state index contributed by atoms with van der Waals surface area (Å²) in [7, 11) is 0. The van der Waals surface area contributed by atoms with Crippen LogP contribution < -0.4 is 5.32 Å². The van der Waals surface area contributed by atoms with Crippen LogP contribution in [0.15, 0.2) is 24.4 Å². The number of hydrogen-bond acceptors (Lipinski definition) is 2. The van der Waals surface area contributed by atoms with Crippen molar-refractivity contribution < 1.29 is 13.6 Å². The lowest BCUT2D eigenvalue weighted by molar-refractivity contribution is 0.0941. The molecule has 0 fully saturated rings. The van der Waals surface area contributed by atoms with Gasteiger partial charge in [0.05, 0.1) is 12.2 Å². The molecular formula is C12H11F2N3O. The molecule has 0 aliphatic rings. The van der Waals surface area contributed by atoms with Gasteiger partial charge in [0.25, 0.3) is 5.91 Å². The minimum atomic E-state index is -0.875. The Labute approximate surface area is 102 Å². The number of carbonyl (C=O) groups is 1. The van der Waals surface area contributed by atoms with Crippen molar-refractivity contribution in [2.24, 2.45) is 0 Å². The fourth-order valence-electron chi connectivity index (χ4n) is 1.51. The van der Waals surface area contributed by atoms with Gasteiger partial charge in [-0.1, -0.05) is 6.07 Å². The smallest absolute Gasteiger partial charge is 0.257 e. The zero-order chi connectivity index (χ0) is 13.1. The van der Waals surface area contributed by atoms with Crippen LogP contribution in [0.4, 0.5) is 8.78 Å². The number of nitrogens with zero attached hydrogens (tertiary/aromatic N) is 1. The van der Waals surface area contributed by atoms with E-state index in [1.807, 2.05) is 0 Å². The van der Waals surface area contributed by atoms with E-state index in [2.05, 4.69) is 15.5 Å². The standard InChI is InChI=1S/C12H11F2N3O/c1-7-2-3-9(13)10(11(7)14)12(18)15-6-8-4-5-16-17-8/h2-5H,6H2,1H3,(H,15,18)(H,16,17). The first kappa shape index (κ1) is 12.2. The Kier molecular flexibility index (Phi) is 3.36. The lowest BCUT2D eigenvalue weighted by Crippen LogP contribution is -2.25. The van der Waals surface area contributed by atoms with E-state index in [1.165, 1.54) is 19.2 Å². The summed E-state index contributed by atoms with van der Waals surface area (Å²) < 4.78 is 27.1. The van der Waals surface area contributed by atoms with Gasteiger partial charge in [0.15, 0.2) is 0 Å². The van der Waals surface area contributed by atoms with Crippen LogP contribution in [0.3, 0.4) is 0 Å². The number of halogens is 2. The summed E-state index contributed by atoms with van der Waals surface area (Å²) in [6, 6.07) is 4.02. The zero-order valence-corrected chi connectivity index (χ0v) is 9.63. The van der Waals surface area contributed by atoms with Gasteiger partial charge in [0.2, 0.25) is 0 Å². The van der Waals surface area contributed by atoms with Crippen molar-refractivity contribution in [3.63, 3.8) is 0 Å². The number of aromatic amines is 1. The highest BCUT2D eigenvalue weighted by Crippen LogP contribution is 2.16. The van der Waals surface area contributed by atoms with Crippen LogP contribution in [0.2, 0.25) is 0 Å². The molecule has 0 radical (unpaired) electrons. The summed E-state index contributed by atoms with van der Waals surface area (Å²) in [5.41, 5.74) is 0.314. The summed E-state index contributed by atoms with van der Waals surface area (Å²) in [6.07, 6.45) is 1.52. The van der Waals surface area contributed by atoms with Gasteiger partial charge in [-0.15, -0.1) is 0 Å². The third-order valence-corrected chi connectivity index (χ3v) is 2.51. The molecule has 0 spiro atoms. The van der Waals surface area contributed by atoms with Gasteiger partial charge < -0.3 is 5.32 Å². The Morgan fingerprint density at radius 3 is 2.83 bits per heavy atom. The number of rotatable bonds is 3. The molecule has 2 rings (SSSR count). The molecule has 1 aromatic carbocycles. The van der Waals surface area contributed by atoms with Gasteiger partial charge >= 0.3 is 0 Å². The first-order chi connectivity index (χ1) is 8.59. The van der Waals surface area contributed by atoms with E-state index in [4.69, 9.17) is 0 Å². The van der Waals surface area contributed by atoms with E-state index in [1.54, 1.807) is 6.07 Å². The molecule has 1 amide bonds. The van der Waals surface area contributed by atoms with Crippen LogP contribution in [0.5, 0.6) is 0 Å².